The van der Waals surface area contributed by atoms with E-state index in [2.05, 4.69) is 9.72 Å². The van der Waals surface area contributed by atoms with Crippen LogP contribution >= 0.6 is 11.8 Å². The summed E-state index contributed by atoms with van der Waals surface area (Å²) in [5.41, 5.74) is 3.08. The fraction of sp³-hybridized carbons (Fsp3) is 0.333. The maximum Gasteiger partial charge on any atom is 0.325 e. The summed E-state index contributed by atoms with van der Waals surface area (Å²) in [7, 11) is 1.24. The van der Waals surface area contributed by atoms with Crippen molar-refractivity contribution in [3.05, 3.63) is 42.7 Å². The molecular weight excluding hydrogens is 343 g/mol. The second kappa shape index (κ2) is 10.0. The maximum atomic E-state index is 12.5. The van der Waals surface area contributed by atoms with Crippen LogP contribution in [0.15, 0.2) is 47.6 Å². The number of nitrogens with zero attached hydrogens (tertiary/aromatic N) is 1. The standard InChI is InChI=1S/C18H21FN2O3S/c1-24-18(23)16(21-19)7-4-5-9-25-14-10-13(11-20-12-14)15-6-2-3-8-17(15)22/h2-3,6,8,10-12,16,21-22H,4-5,7,9H2,1H3/t16-/m0/s1. The molecule has 7 heteroatoms. The van der Waals surface area contributed by atoms with Crippen LogP contribution in [-0.4, -0.2) is 35.0 Å². The van der Waals surface area contributed by atoms with Crippen molar-refractivity contribution in [2.75, 3.05) is 12.9 Å². The molecule has 0 aliphatic carbocycles. The number of phenolic OH excluding ortho intramolecular Hbond substituents is 1. The third-order valence-corrected chi connectivity index (χ3v) is 4.75. The predicted molar refractivity (Wildman–Crippen MR) is 96.0 cm³/mol. The third-order valence-electron chi connectivity index (χ3n) is 3.70. The molecule has 134 valence electrons. The number of phenols is 1. The second-order valence-electron chi connectivity index (χ2n) is 5.46. The van der Waals surface area contributed by atoms with Crippen LogP contribution in [0, 0.1) is 0 Å². The highest BCUT2D eigenvalue weighted by Gasteiger charge is 2.17. The number of carbonyl (C=O) groups excluding carboxylic acids is 1. The van der Waals surface area contributed by atoms with E-state index < -0.39 is 12.0 Å². The molecule has 0 unspecified atom stereocenters. The summed E-state index contributed by atoms with van der Waals surface area (Å²) in [4.78, 5) is 16.5. The molecule has 1 aromatic carbocycles. The normalized spacial score (nSPS) is 11.9. The first kappa shape index (κ1) is 19.2. The molecule has 2 rings (SSSR count). The van der Waals surface area contributed by atoms with Gasteiger partial charge in [-0.2, -0.15) is 0 Å². The van der Waals surface area contributed by atoms with Crippen molar-refractivity contribution in [3.63, 3.8) is 0 Å². The Balaban J connectivity index is 1.83. The van der Waals surface area contributed by atoms with E-state index >= 15 is 0 Å². The van der Waals surface area contributed by atoms with Crippen molar-refractivity contribution in [1.82, 2.24) is 10.5 Å². The van der Waals surface area contributed by atoms with E-state index in [1.54, 1.807) is 36.3 Å². The van der Waals surface area contributed by atoms with Gasteiger partial charge in [-0.3, -0.25) is 9.78 Å². The molecule has 0 saturated carbocycles. The van der Waals surface area contributed by atoms with Gasteiger partial charge in [0.2, 0.25) is 0 Å². The highest BCUT2D eigenvalue weighted by atomic mass is 32.2. The Morgan fingerprint density at radius 2 is 2.16 bits per heavy atom. The average Bonchev–Trinajstić information content (AvgIpc) is 2.64. The number of esters is 1. The number of aromatic hydroxyl groups is 1. The lowest BCUT2D eigenvalue weighted by Gasteiger charge is -2.10. The van der Waals surface area contributed by atoms with Gasteiger partial charge in [0.1, 0.15) is 11.8 Å². The van der Waals surface area contributed by atoms with Crippen molar-refractivity contribution in [2.24, 2.45) is 0 Å². The molecule has 0 amide bonds. The molecular formula is C18H21FN2O3S. The number of aromatic nitrogens is 1. The summed E-state index contributed by atoms with van der Waals surface area (Å²) in [6.45, 7) is 0. The van der Waals surface area contributed by atoms with Crippen molar-refractivity contribution in [2.45, 2.75) is 30.2 Å². The number of benzene rings is 1. The van der Waals surface area contributed by atoms with Crippen LogP contribution in [0.1, 0.15) is 19.3 Å². The molecule has 5 nitrogen and oxygen atoms in total. The Kier molecular flexibility index (Phi) is 7.69. The first-order valence-electron chi connectivity index (χ1n) is 7.96. The van der Waals surface area contributed by atoms with Crippen LogP contribution in [-0.2, 0) is 9.53 Å². The van der Waals surface area contributed by atoms with E-state index in [0.29, 0.717) is 12.8 Å². The Hall–Kier alpha value is -2.12. The van der Waals surface area contributed by atoms with Gasteiger partial charge in [0, 0.05) is 28.4 Å². The van der Waals surface area contributed by atoms with Crippen molar-refractivity contribution in [3.8, 4) is 16.9 Å². The molecule has 0 fully saturated rings. The smallest absolute Gasteiger partial charge is 0.325 e. The fourth-order valence-corrected chi connectivity index (χ4v) is 3.29. The van der Waals surface area contributed by atoms with Gasteiger partial charge in [-0.15, -0.1) is 21.8 Å². The van der Waals surface area contributed by atoms with E-state index in [4.69, 9.17) is 0 Å². The van der Waals surface area contributed by atoms with Crippen LogP contribution in [0.25, 0.3) is 11.1 Å². The molecule has 0 bridgehead atoms. The maximum absolute atomic E-state index is 12.5. The molecule has 2 aromatic rings. The van der Waals surface area contributed by atoms with E-state index in [0.717, 1.165) is 28.2 Å². The van der Waals surface area contributed by atoms with Crippen LogP contribution in [0.2, 0.25) is 0 Å². The molecule has 0 radical (unpaired) electrons. The molecule has 1 heterocycles. The zero-order chi connectivity index (χ0) is 18.1. The van der Waals surface area contributed by atoms with E-state index in [-0.39, 0.29) is 5.75 Å². The number of nitrogens with one attached hydrogen (secondary N) is 1. The van der Waals surface area contributed by atoms with Gasteiger partial charge in [0.05, 0.1) is 7.11 Å². The SMILES string of the molecule is COC(=O)[C@H](CCCCSc1cncc(-c2ccccc2O)c1)NF. The highest BCUT2D eigenvalue weighted by Crippen LogP contribution is 2.30. The largest absolute Gasteiger partial charge is 0.507 e. The number of methoxy groups -OCH3 is 1. The molecule has 0 aliphatic heterocycles. The van der Waals surface area contributed by atoms with Gasteiger partial charge >= 0.3 is 5.97 Å². The predicted octanol–water partition coefficient (Wildman–Crippen LogP) is 3.73. The number of para-hydroxylation sites is 1. The number of carbonyl (C=O) groups is 1. The summed E-state index contributed by atoms with van der Waals surface area (Å²) in [6, 6.07) is 8.21. The molecule has 0 spiro atoms. The van der Waals surface area contributed by atoms with Crippen LogP contribution in [0.5, 0.6) is 5.75 Å². The van der Waals surface area contributed by atoms with Gasteiger partial charge in [0.15, 0.2) is 0 Å². The Morgan fingerprint density at radius 1 is 1.36 bits per heavy atom. The summed E-state index contributed by atoms with van der Waals surface area (Å²) in [6.07, 6.45) is 5.42. The Labute approximate surface area is 150 Å². The number of ether oxygens (including phenoxy) is 1. The second-order valence-corrected chi connectivity index (χ2v) is 6.62. The zero-order valence-electron chi connectivity index (χ0n) is 13.9. The zero-order valence-corrected chi connectivity index (χ0v) is 14.8. The van der Waals surface area contributed by atoms with Gasteiger partial charge in [-0.05, 0) is 30.7 Å². The van der Waals surface area contributed by atoms with Gasteiger partial charge in [0.25, 0.3) is 0 Å². The lowest BCUT2D eigenvalue weighted by molar-refractivity contribution is -0.144. The van der Waals surface area contributed by atoms with E-state index in [1.165, 1.54) is 12.6 Å². The number of unbranched alkanes of at least 4 members (excludes halogenated alkanes) is 1. The van der Waals surface area contributed by atoms with Crippen molar-refractivity contribution < 1.29 is 19.1 Å². The minimum atomic E-state index is -0.902. The van der Waals surface area contributed by atoms with Crippen LogP contribution < -0.4 is 5.54 Å². The van der Waals surface area contributed by atoms with Gasteiger partial charge in [-0.1, -0.05) is 24.6 Å². The van der Waals surface area contributed by atoms with E-state index in [1.807, 2.05) is 18.2 Å². The Morgan fingerprint density at radius 3 is 2.88 bits per heavy atom. The minimum Gasteiger partial charge on any atom is -0.507 e. The Bertz CT molecular complexity index is 700. The number of pyridine rings is 1. The number of hydrogen-bond acceptors (Lipinski definition) is 6. The number of hydrogen-bond donors (Lipinski definition) is 2. The minimum absolute atomic E-state index is 0.221. The molecule has 25 heavy (non-hydrogen) atoms. The summed E-state index contributed by atoms with van der Waals surface area (Å²) in [5, 5.41) is 9.93. The van der Waals surface area contributed by atoms with Crippen LogP contribution in [0.4, 0.5) is 4.48 Å². The quantitative estimate of drug-likeness (QED) is 0.306. The van der Waals surface area contributed by atoms with E-state index in [9.17, 15) is 14.4 Å². The number of thioether (sulfide) groups is 1. The molecule has 1 aromatic heterocycles. The highest BCUT2D eigenvalue weighted by molar-refractivity contribution is 7.99. The summed E-state index contributed by atoms with van der Waals surface area (Å²) < 4.78 is 17.0. The third kappa shape index (κ3) is 5.72. The van der Waals surface area contributed by atoms with Crippen molar-refractivity contribution >= 4 is 17.7 Å². The molecule has 0 saturated heterocycles. The first-order valence-corrected chi connectivity index (χ1v) is 8.94. The summed E-state index contributed by atoms with van der Waals surface area (Å²) in [5.74, 6) is 0.459. The monoisotopic (exact) mass is 364 g/mol. The first-order chi connectivity index (χ1) is 12.2. The average molecular weight is 364 g/mol. The lowest BCUT2D eigenvalue weighted by atomic mass is 10.1. The van der Waals surface area contributed by atoms with Crippen molar-refractivity contribution in [1.29, 1.82) is 0 Å². The lowest BCUT2D eigenvalue weighted by Crippen LogP contribution is -2.32. The molecule has 1 atom stereocenters. The molecule has 2 N–H and O–H groups in total. The van der Waals surface area contributed by atoms with Gasteiger partial charge < -0.3 is 9.84 Å². The number of halogens is 1. The topological polar surface area (TPSA) is 71.5 Å². The number of rotatable bonds is 9. The van der Waals surface area contributed by atoms with Crippen LogP contribution in [0.3, 0.4) is 0 Å². The fourth-order valence-electron chi connectivity index (χ4n) is 2.36. The van der Waals surface area contributed by atoms with Gasteiger partial charge in [-0.25, -0.2) is 0 Å². The molecule has 0 aliphatic rings. The summed E-state index contributed by atoms with van der Waals surface area (Å²) >= 11 is 1.63.